The molecule has 3 rings (SSSR count). The number of unbranched alkanes of at least 4 members (excludes halogenated alkanes) is 1. The largest absolute Gasteiger partial charge is 0.352 e. The van der Waals surface area contributed by atoms with E-state index in [4.69, 9.17) is 0 Å². The molecule has 0 aliphatic carbocycles. The molecule has 0 aromatic heterocycles. The summed E-state index contributed by atoms with van der Waals surface area (Å²) >= 11 is 0. The summed E-state index contributed by atoms with van der Waals surface area (Å²) in [5.74, 6) is -1.81. The van der Waals surface area contributed by atoms with Crippen LogP contribution < -0.4 is 10.6 Å². The van der Waals surface area contributed by atoms with Gasteiger partial charge in [-0.05, 0) is 30.7 Å². The lowest BCUT2D eigenvalue weighted by molar-refractivity contribution is -0.116. The Balaban J connectivity index is 1.74. The van der Waals surface area contributed by atoms with E-state index >= 15 is 0 Å². The van der Waals surface area contributed by atoms with Crippen LogP contribution in [0.4, 0.5) is 5.69 Å². The van der Waals surface area contributed by atoms with Gasteiger partial charge in [0.2, 0.25) is 5.91 Å². The van der Waals surface area contributed by atoms with Crippen LogP contribution in [0.15, 0.2) is 53.4 Å². The van der Waals surface area contributed by atoms with Crippen LogP contribution in [0.3, 0.4) is 0 Å². The highest BCUT2D eigenvalue weighted by atomic mass is 32.2. The van der Waals surface area contributed by atoms with Crippen LogP contribution in [0.25, 0.3) is 0 Å². The fourth-order valence-corrected chi connectivity index (χ4v) is 4.50. The quantitative estimate of drug-likeness (QED) is 0.672. The fourth-order valence-electron chi connectivity index (χ4n) is 2.97. The Labute approximate surface area is 169 Å². The molecule has 0 radical (unpaired) electrons. The van der Waals surface area contributed by atoms with E-state index in [0.717, 1.165) is 12.8 Å². The zero-order valence-electron chi connectivity index (χ0n) is 15.8. The van der Waals surface area contributed by atoms with Gasteiger partial charge in [-0.25, -0.2) is 12.7 Å². The molecule has 0 unspecified atom stereocenters. The van der Waals surface area contributed by atoms with E-state index in [9.17, 15) is 22.8 Å². The van der Waals surface area contributed by atoms with Crippen molar-refractivity contribution < 1.29 is 22.8 Å². The molecule has 0 saturated heterocycles. The van der Waals surface area contributed by atoms with Crippen molar-refractivity contribution in [1.29, 1.82) is 0 Å². The maximum atomic E-state index is 12.6. The summed E-state index contributed by atoms with van der Waals surface area (Å²) < 4.78 is 25.7. The van der Waals surface area contributed by atoms with E-state index in [1.807, 2.05) is 6.92 Å². The van der Waals surface area contributed by atoms with E-state index in [1.54, 1.807) is 30.3 Å². The molecule has 2 aromatic carbocycles. The van der Waals surface area contributed by atoms with Gasteiger partial charge in [-0.2, -0.15) is 0 Å². The molecule has 8 nitrogen and oxygen atoms in total. The van der Waals surface area contributed by atoms with Gasteiger partial charge in [0.25, 0.3) is 21.8 Å². The smallest absolute Gasteiger partial charge is 0.269 e. The van der Waals surface area contributed by atoms with Gasteiger partial charge in [0.05, 0.1) is 16.8 Å². The summed E-state index contributed by atoms with van der Waals surface area (Å²) in [6.07, 6.45) is 1.76. The number of nitrogens with one attached hydrogen (secondary N) is 2. The van der Waals surface area contributed by atoms with Gasteiger partial charge in [0, 0.05) is 6.54 Å². The van der Waals surface area contributed by atoms with Crippen LogP contribution in [-0.2, 0) is 14.8 Å². The molecule has 0 spiro atoms. The number of amides is 3. The van der Waals surface area contributed by atoms with Crippen LogP contribution in [0, 0.1) is 0 Å². The number of carbonyl (C=O) groups excluding carboxylic acids is 3. The first-order valence-corrected chi connectivity index (χ1v) is 10.6. The molecule has 1 aliphatic heterocycles. The highest BCUT2D eigenvalue weighted by Crippen LogP contribution is 2.29. The molecule has 2 N–H and O–H groups in total. The third-order valence-electron chi connectivity index (χ3n) is 4.46. The van der Waals surface area contributed by atoms with Gasteiger partial charge in [0.1, 0.15) is 11.4 Å². The number of rotatable bonds is 7. The van der Waals surface area contributed by atoms with Gasteiger partial charge >= 0.3 is 0 Å². The molecule has 0 saturated carbocycles. The molecule has 0 atom stereocenters. The normalized spacial score (nSPS) is 14.4. The Morgan fingerprint density at radius 3 is 2.45 bits per heavy atom. The fraction of sp³-hybridized carbons (Fsp3) is 0.250. The average molecular weight is 415 g/mol. The van der Waals surface area contributed by atoms with Crippen molar-refractivity contribution in [3.05, 3.63) is 59.7 Å². The predicted octanol–water partition coefficient (Wildman–Crippen LogP) is 2.00. The summed E-state index contributed by atoms with van der Waals surface area (Å²) in [6.45, 7) is 1.84. The number of hydrogen-bond acceptors (Lipinski definition) is 5. The van der Waals surface area contributed by atoms with Crippen molar-refractivity contribution in [2.75, 3.05) is 18.4 Å². The first-order valence-electron chi connectivity index (χ1n) is 9.19. The van der Waals surface area contributed by atoms with Gasteiger partial charge in [-0.1, -0.05) is 37.6 Å². The number of anilines is 1. The van der Waals surface area contributed by atoms with Crippen LogP contribution in [-0.4, -0.2) is 43.5 Å². The molecule has 0 fully saturated rings. The second-order valence-corrected chi connectivity index (χ2v) is 8.35. The van der Waals surface area contributed by atoms with Crippen molar-refractivity contribution in [2.45, 2.75) is 24.7 Å². The van der Waals surface area contributed by atoms with Gasteiger partial charge in [-0.3, -0.25) is 14.4 Å². The van der Waals surface area contributed by atoms with Gasteiger partial charge in [0.15, 0.2) is 0 Å². The van der Waals surface area contributed by atoms with Gasteiger partial charge < -0.3 is 10.6 Å². The summed E-state index contributed by atoms with van der Waals surface area (Å²) in [4.78, 5) is 37.1. The number of fused-ring (bicyclic) bond motifs is 1. The molecular formula is C20H21N3O5S. The molecule has 152 valence electrons. The lowest BCUT2D eigenvalue weighted by Crippen LogP contribution is -2.37. The molecular weight excluding hydrogens is 394 g/mol. The van der Waals surface area contributed by atoms with E-state index in [0.29, 0.717) is 10.8 Å². The van der Waals surface area contributed by atoms with E-state index in [-0.39, 0.29) is 27.6 Å². The van der Waals surface area contributed by atoms with E-state index in [2.05, 4.69) is 10.6 Å². The van der Waals surface area contributed by atoms with E-state index in [1.165, 1.54) is 18.2 Å². The SMILES string of the molecule is CCCCNC(=O)c1ccccc1NC(=O)CN1C(=O)c2ccccc2S1(=O)=O. The standard InChI is InChI=1S/C20H21N3O5S/c1-2-3-12-21-19(25)14-8-4-6-10-16(14)22-18(24)13-23-20(26)15-9-5-7-11-17(15)29(23,27)28/h4-11H,2-3,12-13H2,1H3,(H,21,25)(H,22,24). The number of benzene rings is 2. The first kappa shape index (κ1) is 20.5. The third-order valence-corrected chi connectivity index (χ3v) is 6.25. The monoisotopic (exact) mass is 415 g/mol. The summed E-state index contributed by atoms with van der Waals surface area (Å²) in [5.41, 5.74) is 0.542. The molecule has 29 heavy (non-hydrogen) atoms. The number of hydrogen-bond donors (Lipinski definition) is 2. The van der Waals surface area contributed by atoms with E-state index < -0.39 is 28.4 Å². The zero-order chi connectivity index (χ0) is 21.0. The summed E-state index contributed by atoms with van der Waals surface area (Å²) in [5, 5.41) is 5.30. The van der Waals surface area contributed by atoms with Crippen molar-refractivity contribution in [3.8, 4) is 0 Å². The zero-order valence-corrected chi connectivity index (χ0v) is 16.7. The van der Waals surface area contributed by atoms with Gasteiger partial charge in [-0.15, -0.1) is 0 Å². The summed E-state index contributed by atoms with van der Waals surface area (Å²) in [6, 6.07) is 12.2. The maximum Gasteiger partial charge on any atom is 0.269 e. The first-order chi connectivity index (χ1) is 13.9. The van der Waals surface area contributed by atoms with Crippen molar-refractivity contribution >= 4 is 33.4 Å². The maximum absolute atomic E-state index is 12.6. The second kappa shape index (κ2) is 8.44. The molecule has 3 amide bonds. The Kier molecular flexibility index (Phi) is 5.97. The highest BCUT2D eigenvalue weighted by Gasteiger charge is 2.41. The Hall–Kier alpha value is -3.20. The molecule has 9 heteroatoms. The van der Waals surface area contributed by atoms with Crippen LogP contribution in [0.5, 0.6) is 0 Å². The second-order valence-electron chi connectivity index (χ2n) is 6.52. The Morgan fingerprint density at radius 1 is 1.03 bits per heavy atom. The number of sulfonamides is 1. The molecule has 0 bridgehead atoms. The lowest BCUT2D eigenvalue weighted by atomic mass is 10.1. The minimum Gasteiger partial charge on any atom is -0.352 e. The van der Waals surface area contributed by atoms with Crippen molar-refractivity contribution in [3.63, 3.8) is 0 Å². The Morgan fingerprint density at radius 2 is 1.72 bits per heavy atom. The molecule has 1 heterocycles. The average Bonchev–Trinajstić information content (AvgIpc) is 2.89. The Bertz CT molecular complexity index is 1070. The van der Waals surface area contributed by atoms with Crippen LogP contribution >= 0.6 is 0 Å². The lowest BCUT2D eigenvalue weighted by Gasteiger charge is -2.16. The minimum atomic E-state index is -4.08. The predicted molar refractivity (Wildman–Crippen MR) is 107 cm³/mol. The van der Waals surface area contributed by atoms with Crippen molar-refractivity contribution in [2.24, 2.45) is 0 Å². The van der Waals surface area contributed by atoms with Crippen LogP contribution in [0.2, 0.25) is 0 Å². The van der Waals surface area contributed by atoms with Crippen molar-refractivity contribution in [1.82, 2.24) is 9.62 Å². The minimum absolute atomic E-state index is 0.0380. The number of carbonyl (C=O) groups is 3. The molecule has 2 aromatic rings. The highest BCUT2D eigenvalue weighted by molar-refractivity contribution is 7.90. The number of para-hydroxylation sites is 1. The third kappa shape index (κ3) is 4.14. The van der Waals surface area contributed by atoms with Crippen LogP contribution in [0.1, 0.15) is 40.5 Å². The summed E-state index contributed by atoms with van der Waals surface area (Å²) in [7, 11) is -4.08. The molecule has 1 aliphatic rings. The topological polar surface area (TPSA) is 113 Å². The number of nitrogens with zero attached hydrogens (tertiary/aromatic N) is 1.